The summed E-state index contributed by atoms with van der Waals surface area (Å²) < 4.78 is 0. The lowest BCUT2D eigenvalue weighted by molar-refractivity contribution is -0.122. The zero-order chi connectivity index (χ0) is 20.7. The van der Waals surface area contributed by atoms with Gasteiger partial charge in [-0.2, -0.15) is 0 Å². The van der Waals surface area contributed by atoms with Gasteiger partial charge >= 0.3 is 0 Å². The van der Waals surface area contributed by atoms with Crippen LogP contribution in [0.15, 0.2) is 91.0 Å². The molecule has 0 saturated heterocycles. The van der Waals surface area contributed by atoms with Crippen molar-refractivity contribution in [3.05, 3.63) is 108 Å². The molecule has 0 heterocycles. The van der Waals surface area contributed by atoms with Crippen LogP contribution in [0.4, 0.5) is 0 Å². The predicted octanol–water partition coefficient (Wildman–Crippen LogP) is 3.93. The Labute approximate surface area is 172 Å². The number of benzene rings is 3. The van der Waals surface area contributed by atoms with Crippen molar-refractivity contribution < 1.29 is 9.59 Å². The van der Waals surface area contributed by atoms with Crippen LogP contribution in [0.2, 0.25) is 0 Å². The zero-order valence-corrected chi connectivity index (χ0v) is 16.8. The minimum atomic E-state index is -0.640. The molecule has 4 heteroatoms. The quantitative estimate of drug-likeness (QED) is 0.646. The van der Waals surface area contributed by atoms with Gasteiger partial charge in [0.15, 0.2) is 0 Å². The molecule has 1 atom stereocenters. The van der Waals surface area contributed by atoms with Gasteiger partial charge in [-0.3, -0.25) is 9.59 Å². The Hall–Kier alpha value is -3.40. The molecule has 148 valence electrons. The summed E-state index contributed by atoms with van der Waals surface area (Å²) in [4.78, 5) is 25.0. The molecule has 0 aliphatic heterocycles. The van der Waals surface area contributed by atoms with E-state index in [-0.39, 0.29) is 17.2 Å². The Morgan fingerprint density at radius 3 is 1.72 bits per heavy atom. The van der Waals surface area contributed by atoms with Gasteiger partial charge < -0.3 is 10.6 Å². The van der Waals surface area contributed by atoms with Crippen molar-refractivity contribution in [2.75, 3.05) is 6.54 Å². The first kappa shape index (κ1) is 20.3. The van der Waals surface area contributed by atoms with Crippen molar-refractivity contribution in [1.82, 2.24) is 10.6 Å². The second-order valence-electron chi connectivity index (χ2n) is 7.34. The summed E-state index contributed by atoms with van der Waals surface area (Å²) in [6, 6.07) is 28.5. The highest BCUT2D eigenvalue weighted by molar-refractivity contribution is 5.97. The van der Waals surface area contributed by atoms with Crippen molar-refractivity contribution in [3.8, 4) is 0 Å². The van der Waals surface area contributed by atoms with Crippen LogP contribution >= 0.6 is 0 Å². The summed E-state index contributed by atoms with van der Waals surface area (Å²) in [5, 5.41) is 5.78. The van der Waals surface area contributed by atoms with Gasteiger partial charge in [-0.25, -0.2) is 0 Å². The lowest BCUT2D eigenvalue weighted by Crippen LogP contribution is -2.48. The number of carbonyl (C=O) groups excluding carboxylic acids is 2. The summed E-state index contributed by atoms with van der Waals surface area (Å²) in [5.74, 6) is -0.477. The van der Waals surface area contributed by atoms with E-state index in [1.807, 2.05) is 42.5 Å². The molecule has 0 fully saturated rings. The number of nitrogens with one attached hydrogen (secondary N) is 2. The first-order valence-electron chi connectivity index (χ1n) is 9.75. The van der Waals surface area contributed by atoms with E-state index in [4.69, 9.17) is 0 Å². The molecule has 0 aliphatic carbocycles. The van der Waals surface area contributed by atoms with Gasteiger partial charge in [-0.15, -0.1) is 0 Å². The molecule has 3 rings (SSSR count). The molecule has 0 unspecified atom stereocenters. The maximum atomic E-state index is 12.7. The van der Waals surface area contributed by atoms with Crippen LogP contribution < -0.4 is 10.6 Å². The van der Waals surface area contributed by atoms with E-state index in [1.165, 1.54) is 0 Å². The van der Waals surface area contributed by atoms with Crippen LogP contribution in [0.25, 0.3) is 0 Å². The van der Waals surface area contributed by atoms with Crippen LogP contribution in [0.3, 0.4) is 0 Å². The highest BCUT2D eigenvalue weighted by Crippen LogP contribution is 2.31. The molecule has 3 aromatic carbocycles. The second kappa shape index (κ2) is 9.20. The van der Waals surface area contributed by atoms with E-state index in [9.17, 15) is 9.59 Å². The van der Waals surface area contributed by atoms with Gasteiger partial charge in [0.05, 0.1) is 0 Å². The summed E-state index contributed by atoms with van der Waals surface area (Å²) in [5.41, 5.74) is 2.38. The van der Waals surface area contributed by atoms with E-state index in [2.05, 4.69) is 41.8 Å². The summed E-state index contributed by atoms with van der Waals surface area (Å²) in [6.07, 6.45) is 0. The van der Waals surface area contributed by atoms with Crippen LogP contribution in [0, 0.1) is 0 Å². The molecule has 0 spiro atoms. The van der Waals surface area contributed by atoms with Crippen LogP contribution in [0.5, 0.6) is 0 Å². The van der Waals surface area contributed by atoms with Crippen molar-refractivity contribution in [2.45, 2.75) is 25.3 Å². The Kier molecular flexibility index (Phi) is 6.45. The largest absolute Gasteiger partial charge is 0.353 e. The van der Waals surface area contributed by atoms with E-state index in [0.717, 1.165) is 11.1 Å². The lowest BCUT2D eigenvalue weighted by atomic mass is 9.76. The van der Waals surface area contributed by atoms with Crippen LogP contribution in [-0.4, -0.2) is 24.4 Å². The van der Waals surface area contributed by atoms with Gasteiger partial charge in [0, 0.05) is 17.5 Å². The van der Waals surface area contributed by atoms with Gasteiger partial charge in [0.25, 0.3) is 5.91 Å². The summed E-state index contributed by atoms with van der Waals surface area (Å²) >= 11 is 0. The standard InChI is InChI=1S/C25H26N2O2/c1-19(27-24(29)20-12-6-3-7-13-20)23(28)26-18-25(2,21-14-8-4-9-15-21)22-16-10-5-11-17-22/h3-17,19H,18H2,1-2H3,(H,26,28)(H,27,29)/t19-/m0/s1. The smallest absolute Gasteiger partial charge is 0.251 e. The molecule has 29 heavy (non-hydrogen) atoms. The highest BCUT2D eigenvalue weighted by atomic mass is 16.2. The minimum Gasteiger partial charge on any atom is -0.353 e. The zero-order valence-electron chi connectivity index (χ0n) is 16.8. The maximum absolute atomic E-state index is 12.7. The molecule has 0 aromatic heterocycles. The third kappa shape index (κ3) is 4.91. The fourth-order valence-corrected chi connectivity index (χ4v) is 3.33. The summed E-state index contributed by atoms with van der Waals surface area (Å²) in [7, 11) is 0. The van der Waals surface area contributed by atoms with Gasteiger partial charge in [-0.1, -0.05) is 78.9 Å². The Morgan fingerprint density at radius 1 is 0.793 bits per heavy atom. The summed E-state index contributed by atoms with van der Waals surface area (Å²) in [6.45, 7) is 4.23. The number of carbonyl (C=O) groups is 2. The normalized spacial score (nSPS) is 12.1. The van der Waals surface area contributed by atoms with Crippen molar-refractivity contribution in [3.63, 3.8) is 0 Å². The molecule has 3 aromatic rings. The monoisotopic (exact) mass is 386 g/mol. The van der Waals surface area contributed by atoms with Crippen LogP contribution in [-0.2, 0) is 10.2 Å². The van der Waals surface area contributed by atoms with Crippen molar-refractivity contribution >= 4 is 11.8 Å². The molecule has 0 radical (unpaired) electrons. The first-order chi connectivity index (χ1) is 14.0. The topological polar surface area (TPSA) is 58.2 Å². The third-order valence-corrected chi connectivity index (χ3v) is 5.21. The predicted molar refractivity (Wildman–Crippen MR) is 116 cm³/mol. The highest BCUT2D eigenvalue weighted by Gasteiger charge is 2.30. The number of amides is 2. The average molecular weight is 386 g/mol. The van der Waals surface area contributed by atoms with E-state index in [1.54, 1.807) is 31.2 Å². The fraction of sp³-hybridized carbons (Fsp3) is 0.200. The van der Waals surface area contributed by atoms with Crippen molar-refractivity contribution in [1.29, 1.82) is 0 Å². The third-order valence-electron chi connectivity index (χ3n) is 5.21. The van der Waals surface area contributed by atoms with Gasteiger partial charge in [0.2, 0.25) is 5.91 Å². The van der Waals surface area contributed by atoms with Crippen LogP contribution in [0.1, 0.15) is 35.3 Å². The molecule has 0 saturated carbocycles. The van der Waals surface area contributed by atoms with Gasteiger partial charge in [0.1, 0.15) is 6.04 Å². The Bertz CT molecular complexity index is 901. The SMILES string of the molecule is C[C@H](NC(=O)c1ccccc1)C(=O)NCC(C)(c1ccccc1)c1ccccc1. The first-order valence-corrected chi connectivity index (χ1v) is 9.75. The van der Waals surface area contributed by atoms with E-state index >= 15 is 0 Å². The number of rotatable bonds is 7. The average Bonchev–Trinajstić information content (AvgIpc) is 2.79. The molecular weight excluding hydrogens is 360 g/mol. The molecule has 0 aliphatic rings. The maximum Gasteiger partial charge on any atom is 0.251 e. The fourth-order valence-electron chi connectivity index (χ4n) is 3.33. The van der Waals surface area contributed by atoms with E-state index < -0.39 is 6.04 Å². The minimum absolute atomic E-state index is 0.215. The van der Waals surface area contributed by atoms with Gasteiger partial charge in [-0.05, 0) is 37.1 Å². The second-order valence-corrected chi connectivity index (χ2v) is 7.34. The molecule has 4 nitrogen and oxygen atoms in total. The molecule has 0 bridgehead atoms. The molecular formula is C25H26N2O2. The number of hydrogen-bond donors (Lipinski definition) is 2. The van der Waals surface area contributed by atoms with E-state index in [0.29, 0.717) is 12.1 Å². The number of hydrogen-bond acceptors (Lipinski definition) is 2. The lowest BCUT2D eigenvalue weighted by Gasteiger charge is -2.32. The molecule has 2 amide bonds. The Balaban J connectivity index is 1.71. The van der Waals surface area contributed by atoms with Crippen molar-refractivity contribution in [2.24, 2.45) is 0 Å². The molecule has 2 N–H and O–H groups in total. The Morgan fingerprint density at radius 2 is 1.24 bits per heavy atom.